The minimum Gasteiger partial charge on any atom is -0.0991 e. The van der Waals surface area contributed by atoms with Crippen molar-refractivity contribution in [3.63, 3.8) is 0 Å². The van der Waals surface area contributed by atoms with Crippen LogP contribution >= 0.6 is 0 Å². The lowest BCUT2D eigenvalue weighted by molar-refractivity contribution is 0.253. The van der Waals surface area contributed by atoms with E-state index < -0.39 is 0 Å². The zero-order valence-corrected chi connectivity index (χ0v) is 13.5. The van der Waals surface area contributed by atoms with Crippen molar-refractivity contribution in [2.45, 2.75) is 51.4 Å². The van der Waals surface area contributed by atoms with Crippen LogP contribution in [0.2, 0.25) is 0 Å². The number of allylic oxidation sites excluding steroid dienone is 5. The molecule has 112 valence electrons. The van der Waals surface area contributed by atoms with E-state index in [1.807, 2.05) is 6.08 Å². The van der Waals surface area contributed by atoms with Gasteiger partial charge in [-0.2, -0.15) is 0 Å². The van der Waals surface area contributed by atoms with E-state index in [0.717, 1.165) is 5.92 Å². The highest BCUT2D eigenvalue weighted by Crippen LogP contribution is 2.46. The lowest BCUT2D eigenvalue weighted by Crippen LogP contribution is -2.35. The summed E-state index contributed by atoms with van der Waals surface area (Å²) in [5, 5.41) is 0. The SMILES string of the molecule is C=C/C=C(\C=C/C)C(C)(c1ccccc1)C1CCCCC1. The van der Waals surface area contributed by atoms with E-state index in [0.29, 0.717) is 0 Å². The molecule has 1 aliphatic carbocycles. The average Bonchev–Trinajstić information content (AvgIpc) is 2.55. The van der Waals surface area contributed by atoms with E-state index in [1.54, 1.807) is 0 Å². The van der Waals surface area contributed by atoms with Crippen molar-refractivity contribution in [3.05, 3.63) is 72.4 Å². The molecule has 0 aliphatic heterocycles. The fourth-order valence-electron chi connectivity index (χ4n) is 3.81. The van der Waals surface area contributed by atoms with Crippen molar-refractivity contribution in [1.29, 1.82) is 0 Å². The molecule has 1 saturated carbocycles. The number of benzene rings is 1. The van der Waals surface area contributed by atoms with Gasteiger partial charge in [-0.05, 0) is 36.8 Å². The van der Waals surface area contributed by atoms with Gasteiger partial charge in [0, 0.05) is 5.41 Å². The summed E-state index contributed by atoms with van der Waals surface area (Å²) in [6, 6.07) is 11.0. The van der Waals surface area contributed by atoms with Crippen molar-refractivity contribution in [2.24, 2.45) is 5.92 Å². The molecule has 1 aromatic rings. The molecule has 2 rings (SSSR count). The molecule has 1 aromatic carbocycles. The lowest BCUT2D eigenvalue weighted by Gasteiger charge is -2.42. The van der Waals surface area contributed by atoms with Crippen molar-refractivity contribution in [2.75, 3.05) is 0 Å². The quantitative estimate of drug-likeness (QED) is 0.562. The molecule has 1 aliphatic rings. The average molecular weight is 280 g/mol. The summed E-state index contributed by atoms with van der Waals surface area (Å²) >= 11 is 0. The van der Waals surface area contributed by atoms with Gasteiger partial charge in [-0.1, -0.05) is 87.4 Å². The van der Waals surface area contributed by atoms with Crippen LogP contribution in [0.5, 0.6) is 0 Å². The Kier molecular flexibility index (Phi) is 5.61. The fraction of sp³-hybridized carbons (Fsp3) is 0.429. The Morgan fingerprint density at radius 2 is 1.81 bits per heavy atom. The highest BCUT2D eigenvalue weighted by atomic mass is 14.4. The molecule has 0 bridgehead atoms. The number of hydrogen-bond acceptors (Lipinski definition) is 0. The number of rotatable bonds is 5. The van der Waals surface area contributed by atoms with Crippen LogP contribution in [-0.4, -0.2) is 0 Å². The van der Waals surface area contributed by atoms with Crippen molar-refractivity contribution in [1.82, 2.24) is 0 Å². The lowest BCUT2D eigenvalue weighted by atomic mass is 9.62. The second-order valence-corrected chi connectivity index (χ2v) is 6.26. The summed E-state index contributed by atoms with van der Waals surface area (Å²) in [6.07, 6.45) is 15.3. The maximum absolute atomic E-state index is 3.92. The van der Waals surface area contributed by atoms with Crippen LogP contribution in [0.15, 0.2) is 66.8 Å². The van der Waals surface area contributed by atoms with Gasteiger partial charge in [0.2, 0.25) is 0 Å². The molecule has 1 unspecified atom stereocenters. The van der Waals surface area contributed by atoms with Gasteiger partial charge in [-0.3, -0.25) is 0 Å². The minimum atomic E-state index is 0.0857. The van der Waals surface area contributed by atoms with Crippen LogP contribution in [0.3, 0.4) is 0 Å². The Bertz CT molecular complexity index is 500. The van der Waals surface area contributed by atoms with E-state index in [-0.39, 0.29) is 5.41 Å². The largest absolute Gasteiger partial charge is 0.0991 e. The van der Waals surface area contributed by atoms with E-state index in [9.17, 15) is 0 Å². The van der Waals surface area contributed by atoms with Gasteiger partial charge < -0.3 is 0 Å². The Labute approximate surface area is 130 Å². The molecule has 0 heterocycles. The summed E-state index contributed by atoms with van der Waals surface area (Å²) in [7, 11) is 0. The Morgan fingerprint density at radius 3 is 2.38 bits per heavy atom. The third kappa shape index (κ3) is 3.37. The first kappa shape index (κ1) is 15.8. The summed E-state index contributed by atoms with van der Waals surface area (Å²) in [6.45, 7) is 8.45. The molecule has 21 heavy (non-hydrogen) atoms. The summed E-state index contributed by atoms with van der Waals surface area (Å²) in [5.74, 6) is 0.719. The van der Waals surface area contributed by atoms with Crippen LogP contribution in [-0.2, 0) is 5.41 Å². The van der Waals surface area contributed by atoms with E-state index in [2.05, 4.69) is 69.0 Å². The van der Waals surface area contributed by atoms with E-state index in [1.165, 1.54) is 43.2 Å². The monoisotopic (exact) mass is 280 g/mol. The molecule has 1 atom stereocenters. The van der Waals surface area contributed by atoms with Gasteiger partial charge >= 0.3 is 0 Å². The molecular formula is C21H28. The fourth-order valence-corrected chi connectivity index (χ4v) is 3.81. The van der Waals surface area contributed by atoms with Gasteiger partial charge in [0.05, 0.1) is 0 Å². The standard InChI is InChI=1S/C21H28/c1-4-12-18(13-5-2)21(3,19-14-8-6-9-15-19)20-16-10-7-11-17-20/h4-6,8-9,12-15,20H,1,7,10-11,16-17H2,2-3H3/b13-5-,18-12+. The Hall–Kier alpha value is -1.56. The van der Waals surface area contributed by atoms with Crippen LogP contribution in [0.25, 0.3) is 0 Å². The summed E-state index contributed by atoms with van der Waals surface area (Å²) in [5.41, 5.74) is 2.91. The maximum Gasteiger partial charge on any atom is 0.0202 e. The second-order valence-electron chi connectivity index (χ2n) is 6.26. The van der Waals surface area contributed by atoms with Crippen molar-refractivity contribution >= 4 is 0 Å². The van der Waals surface area contributed by atoms with Crippen LogP contribution in [0, 0.1) is 5.92 Å². The van der Waals surface area contributed by atoms with Gasteiger partial charge in [0.15, 0.2) is 0 Å². The predicted octanol–water partition coefficient (Wildman–Crippen LogP) is 6.21. The molecular weight excluding hydrogens is 252 g/mol. The van der Waals surface area contributed by atoms with E-state index >= 15 is 0 Å². The normalized spacial score (nSPS) is 20.4. The third-order valence-corrected chi connectivity index (χ3v) is 5.04. The Morgan fingerprint density at radius 1 is 1.14 bits per heavy atom. The first-order valence-corrected chi connectivity index (χ1v) is 8.25. The van der Waals surface area contributed by atoms with Crippen LogP contribution < -0.4 is 0 Å². The third-order valence-electron chi connectivity index (χ3n) is 5.04. The highest BCUT2D eigenvalue weighted by molar-refractivity contribution is 5.43. The predicted molar refractivity (Wildman–Crippen MR) is 93.5 cm³/mol. The number of hydrogen-bond donors (Lipinski definition) is 0. The minimum absolute atomic E-state index is 0.0857. The molecule has 0 amide bonds. The molecule has 0 saturated heterocycles. The zero-order valence-electron chi connectivity index (χ0n) is 13.5. The van der Waals surface area contributed by atoms with Gasteiger partial charge in [0.1, 0.15) is 0 Å². The zero-order chi connectivity index (χ0) is 15.1. The molecule has 0 N–H and O–H groups in total. The first-order chi connectivity index (χ1) is 10.2. The van der Waals surface area contributed by atoms with E-state index in [4.69, 9.17) is 0 Å². The van der Waals surface area contributed by atoms with Crippen molar-refractivity contribution in [3.8, 4) is 0 Å². The second kappa shape index (κ2) is 7.45. The molecule has 0 radical (unpaired) electrons. The van der Waals surface area contributed by atoms with Gasteiger partial charge in [-0.25, -0.2) is 0 Å². The first-order valence-electron chi connectivity index (χ1n) is 8.25. The maximum atomic E-state index is 3.92. The van der Waals surface area contributed by atoms with Crippen LogP contribution in [0.4, 0.5) is 0 Å². The summed E-state index contributed by atoms with van der Waals surface area (Å²) in [4.78, 5) is 0. The smallest absolute Gasteiger partial charge is 0.0202 e. The molecule has 0 spiro atoms. The van der Waals surface area contributed by atoms with Gasteiger partial charge in [0.25, 0.3) is 0 Å². The molecule has 0 nitrogen and oxygen atoms in total. The Balaban J connectivity index is 2.51. The summed E-state index contributed by atoms with van der Waals surface area (Å²) < 4.78 is 0. The topological polar surface area (TPSA) is 0 Å². The molecule has 0 aromatic heterocycles. The molecule has 0 heteroatoms. The van der Waals surface area contributed by atoms with Crippen LogP contribution in [0.1, 0.15) is 51.5 Å². The molecule has 1 fully saturated rings. The highest BCUT2D eigenvalue weighted by Gasteiger charge is 2.38. The van der Waals surface area contributed by atoms with Gasteiger partial charge in [-0.15, -0.1) is 0 Å². The van der Waals surface area contributed by atoms with Crippen molar-refractivity contribution < 1.29 is 0 Å².